The standard InChI is InChI=1S/C25H22N2O5/c1-29-20-13-18(14-21(30-2)23(20)31-3)27-22(17-11-9-16(15-26)10-12-17)24(25(27)28)32-19-7-5-4-6-8-19/h4-14,22,24H,1-3H3/t22-,24-/m1/s1. The van der Waals surface area contributed by atoms with E-state index in [0.29, 0.717) is 34.2 Å². The molecule has 1 saturated heterocycles. The van der Waals surface area contributed by atoms with Crippen molar-refractivity contribution < 1.29 is 23.7 Å². The van der Waals surface area contributed by atoms with Gasteiger partial charge in [0.2, 0.25) is 11.9 Å². The number of methoxy groups -OCH3 is 3. The summed E-state index contributed by atoms with van der Waals surface area (Å²) in [6.45, 7) is 0. The number of hydrogen-bond donors (Lipinski definition) is 0. The first-order chi connectivity index (χ1) is 15.6. The number of rotatable bonds is 7. The van der Waals surface area contributed by atoms with Crippen molar-refractivity contribution >= 4 is 11.6 Å². The normalized spacial score (nSPS) is 17.2. The van der Waals surface area contributed by atoms with Crippen LogP contribution in [-0.2, 0) is 4.79 Å². The molecule has 0 spiro atoms. The van der Waals surface area contributed by atoms with E-state index in [1.165, 1.54) is 21.3 Å². The van der Waals surface area contributed by atoms with Crippen LogP contribution >= 0.6 is 0 Å². The average molecular weight is 430 g/mol. The highest BCUT2D eigenvalue weighted by molar-refractivity contribution is 6.05. The third-order valence-electron chi connectivity index (χ3n) is 5.36. The van der Waals surface area contributed by atoms with Crippen molar-refractivity contribution in [3.63, 3.8) is 0 Å². The van der Waals surface area contributed by atoms with Gasteiger partial charge in [-0.05, 0) is 29.8 Å². The van der Waals surface area contributed by atoms with Gasteiger partial charge in [-0.15, -0.1) is 0 Å². The van der Waals surface area contributed by atoms with E-state index in [-0.39, 0.29) is 5.91 Å². The molecule has 7 nitrogen and oxygen atoms in total. The second kappa shape index (κ2) is 8.90. The quantitative estimate of drug-likeness (QED) is 0.525. The molecule has 1 heterocycles. The maximum atomic E-state index is 13.3. The summed E-state index contributed by atoms with van der Waals surface area (Å²) in [4.78, 5) is 14.9. The minimum absolute atomic E-state index is 0.197. The Morgan fingerprint density at radius 3 is 2.03 bits per heavy atom. The van der Waals surface area contributed by atoms with Gasteiger partial charge in [-0.2, -0.15) is 5.26 Å². The number of β-lactam (4-membered cyclic amide) rings is 1. The van der Waals surface area contributed by atoms with Crippen molar-refractivity contribution in [2.75, 3.05) is 26.2 Å². The lowest BCUT2D eigenvalue weighted by Crippen LogP contribution is -2.61. The van der Waals surface area contributed by atoms with Gasteiger partial charge in [-0.1, -0.05) is 30.3 Å². The summed E-state index contributed by atoms with van der Waals surface area (Å²) in [5.74, 6) is 1.74. The van der Waals surface area contributed by atoms with E-state index in [1.54, 1.807) is 29.2 Å². The lowest BCUT2D eigenvalue weighted by Gasteiger charge is -2.46. The molecule has 1 amide bonds. The summed E-state index contributed by atoms with van der Waals surface area (Å²) < 4.78 is 22.4. The SMILES string of the molecule is COc1cc(N2C(=O)[C@H](Oc3ccccc3)[C@H]2c2ccc(C#N)cc2)cc(OC)c1OC. The van der Waals surface area contributed by atoms with Crippen LogP contribution in [0.5, 0.6) is 23.0 Å². The summed E-state index contributed by atoms with van der Waals surface area (Å²) >= 11 is 0. The zero-order chi connectivity index (χ0) is 22.7. The molecule has 3 aromatic rings. The van der Waals surface area contributed by atoms with Crippen LogP contribution in [0.15, 0.2) is 66.7 Å². The fraction of sp³-hybridized carbons (Fsp3) is 0.200. The number of benzene rings is 3. The topological polar surface area (TPSA) is 81.0 Å². The van der Waals surface area contributed by atoms with Crippen LogP contribution in [0.3, 0.4) is 0 Å². The highest BCUT2D eigenvalue weighted by atomic mass is 16.5. The van der Waals surface area contributed by atoms with Gasteiger partial charge in [-0.25, -0.2) is 0 Å². The van der Waals surface area contributed by atoms with Crippen molar-refractivity contribution in [2.45, 2.75) is 12.1 Å². The molecule has 7 heteroatoms. The van der Waals surface area contributed by atoms with Gasteiger partial charge in [0.1, 0.15) is 11.8 Å². The minimum atomic E-state index is -0.718. The van der Waals surface area contributed by atoms with Crippen molar-refractivity contribution in [1.29, 1.82) is 5.26 Å². The van der Waals surface area contributed by atoms with Gasteiger partial charge < -0.3 is 18.9 Å². The molecular formula is C25H22N2O5. The Morgan fingerprint density at radius 2 is 1.50 bits per heavy atom. The number of carbonyl (C=O) groups is 1. The number of nitrogens with zero attached hydrogens (tertiary/aromatic N) is 2. The molecule has 1 fully saturated rings. The molecule has 0 N–H and O–H groups in total. The second-order valence-electron chi connectivity index (χ2n) is 7.12. The number of para-hydroxylation sites is 1. The molecule has 0 aromatic heterocycles. The fourth-order valence-electron chi connectivity index (χ4n) is 3.80. The Labute approximate surface area is 186 Å². The molecule has 162 valence electrons. The number of anilines is 1. The molecule has 32 heavy (non-hydrogen) atoms. The Morgan fingerprint density at radius 1 is 0.875 bits per heavy atom. The van der Waals surface area contributed by atoms with E-state index >= 15 is 0 Å². The highest BCUT2D eigenvalue weighted by Gasteiger charge is 2.51. The van der Waals surface area contributed by atoms with Crippen LogP contribution in [0.2, 0.25) is 0 Å². The summed E-state index contributed by atoms with van der Waals surface area (Å²) in [6, 6.07) is 21.5. The number of hydrogen-bond acceptors (Lipinski definition) is 6. The molecule has 1 aliphatic heterocycles. The number of carbonyl (C=O) groups excluding carboxylic acids is 1. The van der Waals surface area contributed by atoms with E-state index in [1.807, 2.05) is 42.5 Å². The van der Waals surface area contributed by atoms with E-state index in [9.17, 15) is 4.79 Å². The summed E-state index contributed by atoms with van der Waals surface area (Å²) in [5, 5.41) is 9.14. The molecular weight excluding hydrogens is 408 g/mol. The first-order valence-corrected chi connectivity index (χ1v) is 9.96. The zero-order valence-electron chi connectivity index (χ0n) is 17.9. The fourth-order valence-corrected chi connectivity index (χ4v) is 3.80. The minimum Gasteiger partial charge on any atom is -0.493 e. The Hall–Kier alpha value is -4.18. The highest BCUT2D eigenvalue weighted by Crippen LogP contribution is 2.47. The lowest BCUT2D eigenvalue weighted by molar-refractivity contribution is -0.135. The monoisotopic (exact) mass is 430 g/mol. The van der Waals surface area contributed by atoms with E-state index in [0.717, 1.165) is 5.56 Å². The van der Waals surface area contributed by atoms with Gasteiger partial charge in [0.05, 0.1) is 38.6 Å². The van der Waals surface area contributed by atoms with Crippen LogP contribution in [0, 0.1) is 11.3 Å². The van der Waals surface area contributed by atoms with Crippen molar-refractivity contribution in [1.82, 2.24) is 0 Å². The van der Waals surface area contributed by atoms with Gasteiger partial charge in [0, 0.05) is 12.1 Å². The van der Waals surface area contributed by atoms with Gasteiger partial charge in [0.25, 0.3) is 5.91 Å². The average Bonchev–Trinajstić information content (AvgIpc) is 2.85. The van der Waals surface area contributed by atoms with Crippen LogP contribution in [0.4, 0.5) is 5.69 Å². The Kier molecular flexibility index (Phi) is 5.86. The molecule has 0 saturated carbocycles. The molecule has 0 unspecified atom stereocenters. The van der Waals surface area contributed by atoms with Gasteiger partial charge >= 0.3 is 0 Å². The first-order valence-electron chi connectivity index (χ1n) is 9.96. The van der Waals surface area contributed by atoms with E-state index in [2.05, 4.69) is 6.07 Å². The molecule has 0 radical (unpaired) electrons. The van der Waals surface area contributed by atoms with Gasteiger partial charge in [-0.3, -0.25) is 9.69 Å². The number of ether oxygens (including phenoxy) is 4. The van der Waals surface area contributed by atoms with Crippen molar-refractivity contribution in [2.24, 2.45) is 0 Å². The predicted octanol–water partition coefficient (Wildman–Crippen LogP) is 4.12. The molecule has 2 atom stereocenters. The Bertz CT molecular complexity index is 1130. The number of nitriles is 1. The molecule has 3 aromatic carbocycles. The van der Waals surface area contributed by atoms with Crippen LogP contribution < -0.4 is 23.8 Å². The van der Waals surface area contributed by atoms with E-state index < -0.39 is 12.1 Å². The van der Waals surface area contributed by atoms with Crippen LogP contribution in [0.25, 0.3) is 0 Å². The Balaban J connectivity index is 1.76. The van der Waals surface area contributed by atoms with Gasteiger partial charge in [0.15, 0.2) is 11.5 Å². The molecule has 0 bridgehead atoms. The third kappa shape index (κ3) is 3.67. The van der Waals surface area contributed by atoms with Crippen molar-refractivity contribution in [3.05, 3.63) is 77.9 Å². The van der Waals surface area contributed by atoms with Crippen LogP contribution in [0.1, 0.15) is 17.2 Å². The third-order valence-corrected chi connectivity index (χ3v) is 5.36. The second-order valence-corrected chi connectivity index (χ2v) is 7.12. The summed E-state index contributed by atoms with van der Waals surface area (Å²) in [6.07, 6.45) is -0.718. The lowest BCUT2D eigenvalue weighted by atomic mass is 9.89. The maximum Gasteiger partial charge on any atom is 0.271 e. The van der Waals surface area contributed by atoms with Crippen LogP contribution in [-0.4, -0.2) is 33.3 Å². The number of amides is 1. The zero-order valence-corrected chi connectivity index (χ0v) is 17.9. The largest absolute Gasteiger partial charge is 0.493 e. The molecule has 4 rings (SSSR count). The molecule has 1 aliphatic rings. The maximum absolute atomic E-state index is 13.3. The first kappa shape index (κ1) is 21.1. The summed E-state index contributed by atoms with van der Waals surface area (Å²) in [5.41, 5.74) is 1.98. The smallest absolute Gasteiger partial charge is 0.271 e. The molecule has 0 aliphatic carbocycles. The summed E-state index contributed by atoms with van der Waals surface area (Å²) in [7, 11) is 4.58. The van der Waals surface area contributed by atoms with Crippen molar-refractivity contribution in [3.8, 4) is 29.1 Å². The van der Waals surface area contributed by atoms with E-state index in [4.69, 9.17) is 24.2 Å². The predicted molar refractivity (Wildman–Crippen MR) is 118 cm³/mol.